The molecule has 0 unspecified atom stereocenters. The quantitative estimate of drug-likeness (QED) is 0.697. The summed E-state index contributed by atoms with van der Waals surface area (Å²) in [6.07, 6.45) is 5.56. The van der Waals surface area contributed by atoms with Crippen LogP contribution in [0.1, 0.15) is 37.5 Å². The molecule has 1 N–H and O–H groups in total. The fourth-order valence-corrected chi connectivity index (χ4v) is 3.81. The van der Waals surface area contributed by atoms with Gasteiger partial charge in [0.15, 0.2) is 11.5 Å². The summed E-state index contributed by atoms with van der Waals surface area (Å²) < 4.78 is 5.79. The number of pyridine rings is 1. The summed E-state index contributed by atoms with van der Waals surface area (Å²) >= 11 is 5.90. The zero-order chi connectivity index (χ0) is 19.1. The molecular formula is C21H21ClN4O2. The summed E-state index contributed by atoms with van der Waals surface area (Å²) in [5.41, 5.74) is 2.36. The molecule has 2 aliphatic rings. The fraction of sp³-hybridized carbons (Fsp3) is 0.381. The number of halogens is 1. The molecule has 1 aromatic carbocycles. The predicted octanol–water partition coefficient (Wildman–Crippen LogP) is 4.61. The number of amides is 1. The van der Waals surface area contributed by atoms with Crippen molar-refractivity contribution in [1.29, 1.82) is 0 Å². The minimum Gasteiger partial charge on any atom is -0.440 e. The van der Waals surface area contributed by atoms with Crippen molar-refractivity contribution in [3.63, 3.8) is 0 Å². The number of aromatic nitrogens is 2. The smallest absolute Gasteiger partial charge is 0.227 e. The molecule has 3 aromatic rings. The van der Waals surface area contributed by atoms with Gasteiger partial charge >= 0.3 is 0 Å². The summed E-state index contributed by atoms with van der Waals surface area (Å²) in [6, 6.07) is 9.44. The molecule has 1 aliphatic carbocycles. The standard InChI is InChI=1S/C21H21ClN4O2/c22-15-3-6-19(23-12-15)26-9-7-13(8-10-26)20(27)24-16-4-5-18-17(11-16)25-21(28-18)14-1-2-14/h3-6,11-14H,1-2,7-10H2,(H,24,27). The molecule has 7 heteroatoms. The lowest BCUT2D eigenvalue weighted by Gasteiger charge is -2.32. The van der Waals surface area contributed by atoms with Crippen LogP contribution in [0.25, 0.3) is 11.1 Å². The van der Waals surface area contributed by atoms with E-state index in [0.29, 0.717) is 10.9 Å². The van der Waals surface area contributed by atoms with Gasteiger partial charge in [-0.1, -0.05) is 11.6 Å². The number of piperidine rings is 1. The topological polar surface area (TPSA) is 71.3 Å². The monoisotopic (exact) mass is 396 g/mol. The van der Waals surface area contributed by atoms with Crippen LogP contribution in [0.15, 0.2) is 40.9 Å². The molecule has 2 fully saturated rings. The molecule has 0 radical (unpaired) electrons. The maximum absolute atomic E-state index is 12.7. The van der Waals surface area contributed by atoms with Gasteiger partial charge in [-0.3, -0.25) is 4.79 Å². The molecule has 1 amide bonds. The number of oxazole rings is 1. The van der Waals surface area contributed by atoms with Crippen LogP contribution in [-0.2, 0) is 4.79 Å². The number of carbonyl (C=O) groups is 1. The van der Waals surface area contributed by atoms with Gasteiger partial charge in [-0.2, -0.15) is 0 Å². The summed E-state index contributed by atoms with van der Waals surface area (Å²) in [5, 5.41) is 3.68. The highest BCUT2D eigenvalue weighted by Crippen LogP contribution is 2.40. The maximum Gasteiger partial charge on any atom is 0.227 e. The van der Waals surface area contributed by atoms with E-state index in [9.17, 15) is 4.79 Å². The largest absolute Gasteiger partial charge is 0.440 e. The molecule has 5 rings (SSSR count). The van der Waals surface area contributed by atoms with Crippen molar-refractivity contribution in [1.82, 2.24) is 9.97 Å². The summed E-state index contributed by atoms with van der Waals surface area (Å²) in [5.74, 6) is 2.27. The molecule has 0 atom stereocenters. The van der Waals surface area contributed by atoms with Gasteiger partial charge in [0.05, 0.1) is 5.02 Å². The number of nitrogens with zero attached hydrogens (tertiary/aromatic N) is 3. The molecule has 0 bridgehead atoms. The third kappa shape index (κ3) is 3.56. The number of rotatable bonds is 4. The van der Waals surface area contributed by atoms with Crippen molar-refractivity contribution in [3.8, 4) is 0 Å². The normalized spacial score (nSPS) is 17.8. The molecule has 1 aliphatic heterocycles. The van der Waals surface area contributed by atoms with Crippen molar-refractivity contribution in [2.75, 3.05) is 23.3 Å². The Balaban J connectivity index is 1.21. The number of hydrogen-bond acceptors (Lipinski definition) is 5. The predicted molar refractivity (Wildman–Crippen MR) is 109 cm³/mol. The second-order valence-electron chi connectivity index (χ2n) is 7.59. The molecule has 1 saturated carbocycles. The summed E-state index contributed by atoms with van der Waals surface area (Å²) in [7, 11) is 0. The zero-order valence-electron chi connectivity index (χ0n) is 15.4. The van der Waals surface area contributed by atoms with Crippen LogP contribution in [0.3, 0.4) is 0 Å². The van der Waals surface area contributed by atoms with Crippen LogP contribution in [0, 0.1) is 5.92 Å². The first-order valence-corrected chi connectivity index (χ1v) is 10.1. The SMILES string of the molecule is O=C(Nc1ccc2oc(C3CC3)nc2c1)C1CCN(c2ccc(Cl)cn2)CC1. The third-order valence-corrected chi connectivity index (χ3v) is 5.72. The van der Waals surface area contributed by atoms with Crippen LogP contribution in [0.2, 0.25) is 5.02 Å². The first kappa shape index (κ1) is 17.5. The Morgan fingerprint density at radius 1 is 1.14 bits per heavy atom. The third-order valence-electron chi connectivity index (χ3n) is 5.50. The van der Waals surface area contributed by atoms with Gasteiger partial charge in [-0.15, -0.1) is 0 Å². The molecular weight excluding hydrogens is 376 g/mol. The van der Waals surface area contributed by atoms with Crippen LogP contribution in [0.5, 0.6) is 0 Å². The van der Waals surface area contributed by atoms with Gasteiger partial charge in [-0.05, 0) is 56.0 Å². The molecule has 144 valence electrons. The Labute approximate surface area is 167 Å². The van der Waals surface area contributed by atoms with E-state index in [0.717, 1.165) is 67.3 Å². The van der Waals surface area contributed by atoms with Gasteiger partial charge < -0.3 is 14.6 Å². The van der Waals surface area contributed by atoms with Crippen molar-refractivity contribution in [2.24, 2.45) is 5.92 Å². The van der Waals surface area contributed by atoms with E-state index in [1.807, 2.05) is 30.3 Å². The number of carbonyl (C=O) groups excluding carboxylic acids is 1. The number of benzene rings is 1. The van der Waals surface area contributed by atoms with Crippen LogP contribution >= 0.6 is 11.6 Å². The van der Waals surface area contributed by atoms with E-state index in [2.05, 4.69) is 20.2 Å². The van der Waals surface area contributed by atoms with E-state index < -0.39 is 0 Å². The lowest BCUT2D eigenvalue weighted by molar-refractivity contribution is -0.120. The van der Waals surface area contributed by atoms with Crippen molar-refractivity contribution >= 4 is 40.1 Å². The lowest BCUT2D eigenvalue weighted by atomic mass is 9.95. The summed E-state index contributed by atoms with van der Waals surface area (Å²) in [4.78, 5) is 23.8. The second-order valence-corrected chi connectivity index (χ2v) is 8.03. The number of anilines is 2. The van der Waals surface area contributed by atoms with Gasteiger partial charge in [0, 0.05) is 36.8 Å². The zero-order valence-corrected chi connectivity index (χ0v) is 16.2. The Hall–Kier alpha value is -2.60. The van der Waals surface area contributed by atoms with E-state index >= 15 is 0 Å². The van der Waals surface area contributed by atoms with Crippen LogP contribution in [0.4, 0.5) is 11.5 Å². The van der Waals surface area contributed by atoms with Gasteiger partial charge in [0.2, 0.25) is 5.91 Å². The van der Waals surface area contributed by atoms with Crippen LogP contribution < -0.4 is 10.2 Å². The average molecular weight is 397 g/mol. The highest BCUT2D eigenvalue weighted by molar-refractivity contribution is 6.30. The first-order valence-electron chi connectivity index (χ1n) is 9.73. The minimum atomic E-state index is -0.00131. The number of hydrogen-bond donors (Lipinski definition) is 1. The van der Waals surface area contributed by atoms with Gasteiger partial charge in [0.1, 0.15) is 11.3 Å². The van der Waals surface area contributed by atoms with E-state index in [1.165, 1.54) is 0 Å². The Morgan fingerprint density at radius 2 is 1.96 bits per heavy atom. The summed E-state index contributed by atoms with van der Waals surface area (Å²) in [6.45, 7) is 1.61. The van der Waals surface area contributed by atoms with E-state index in [4.69, 9.17) is 16.0 Å². The van der Waals surface area contributed by atoms with Crippen molar-refractivity contribution < 1.29 is 9.21 Å². The average Bonchev–Trinajstić information content (AvgIpc) is 3.48. The fourth-order valence-electron chi connectivity index (χ4n) is 3.70. The first-order chi connectivity index (χ1) is 13.7. The molecule has 28 heavy (non-hydrogen) atoms. The Kier molecular flexibility index (Phi) is 4.43. The van der Waals surface area contributed by atoms with Crippen LogP contribution in [-0.4, -0.2) is 29.0 Å². The molecule has 1 saturated heterocycles. The number of fused-ring (bicyclic) bond motifs is 1. The lowest BCUT2D eigenvalue weighted by Crippen LogP contribution is -2.38. The Morgan fingerprint density at radius 3 is 2.68 bits per heavy atom. The van der Waals surface area contributed by atoms with Crippen molar-refractivity contribution in [2.45, 2.75) is 31.6 Å². The second kappa shape index (κ2) is 7.09. The maximum atomic E-state index is 12.7. The minimum absolute atomic E-state index is 0.00131. The number of nitrogens with one attached hydrogen (secondary N) is 1. The highest BCUT2D eigenvalue weighted by atomic mass is 35.5. The molecule has 0 spiro atoms. The highest BCUT2D eigenvalue weighted by Gasteiger charge is 2.29. The Bertz CT molecular complexity index is 1000. The van der Waals surface area contributed by atoms with E-state index in [-0.39, 0.29) is 11.8 Å². The van der Waals surface area contributed by atoms with Gasteiger partial charge in [-0.25, -0.2) is 9.97 Å². The van der Waals surface area contributed by atoms with Gasteiger partial charge in [0.25, 0.3) is 0 Å². The van der Waals surface area contributed by atoms with Crippen molar-refractivity contribution in [3.05, 3.63) is 47.4 Å². The molecule has 2 aromatic heterocycles. The molecule has 6 nitrogen and oxygen atoms in total. The van der Waals surface area contributed by atoms with E-state index in [1.54, 1.807) is 6.20 Å². The molecule has 3 heterocycles.